The molecule has 3 nitrogen and oxygen atoms in total. The molecule has 24 heavy (non-hydrogen) atoms. The van der Waals surface area contributed by atoms with Gasteiger partial charge >= 0.3 is 0 Å². The van der Waals surface area contributed by atoms with Gasteiger partial charge in [0.2, 0.25) is 0 Å². The second-order valence-corrected chi connectivity index (χ2v) is 10.5. The molecule has 6 unspecified atom stereocenters. The average molecular weight is 330 g/mol. The maximum atomic E-state index is 13.5. The minimum Gasteiger partial charge on any atom is -0.298 e. The number of hydrogen-bond donors (Lipinski definition) is 0. The zero-order valence-corrected chi connectivity index (χ0v) is 15.9. The van der Waals surface area contributed by atoms with E-state index >= 15 is 0 Å². The molecule has 0 radical (unpaired) electrons. The van der Waals surface area contributed by atoms with Gasteiger partial charge in [-0.25, -0.2) is 0 Å². The zero-order chi connectivity index (χ0) is 17.9. The molecule has 0 aromatic heterocycles. The van der Waals surface area contributed by atoms with Crippen molar-refractivity contribution in [2.24, 2.45) is 45.3 Å². The van der Waals surface area contributed by atoms with Crippen LogP contribution in [0, 0.1) is 45.3 Å². The fourth-order valence-corrected chi connectivity index (χ4v) is 7.02. The summed E-state index contributed by atoms with van der Waals surface area (Å²) in [5.74, 6) is -0.638. The highest BCUT2D eigenvalue weighted by Crippen LogP contribution is 2.69. The van der Waals surface area contributed by atoms with E-state index in [0.29, 0.717) is 0 Å². The summed E-state index contributed by atoms with van der Waals surface area (Å²) < 4.78 is 0. The van der Waals surface area contributed by atoms with Gasteiger partial charge in [0, 0.05) is 10.8 Å². The van der Waals surface area contributed by atoms with Crippen LogP contribution in [0.4, 0.5) is 0 Å². The Morgan fingerprint density at radius 3 is 1.33 bits per heavy atom. The van der Waals surface area contributed by atoms with E-state index in [2.05, 4.69) is 27.7 Å². The van der Waals surface area contributed by atoms with E-state index in [1.54, 1.807) is 0 Å². The highest BCUT2D eigenvalue weighted by atomic mass is 16.2. The van der Waals surface area contributed by atoms with Crippen LogP contribution in [0.15, 0.2) is 0 Å². The number of carbonyl (C=O) groups excluding carboxylic acids is 3. The second kappa shape index (κ2) is 4.22. The van der Waals surface area contributed by atoms with Gasteiger partial charge in [-0.15, -0.1) is 0 Å². The second-order valence-electron chi connectivity index (χ2n) is 10.5. The predicted octanol–water partition coefficient (Wildman–Crippen LogP) is 3.84. The molecule has 4 fully saturated rings. The fourth-order valence-electron chi connectivity index (χ4n) is 7.02. The van der Waals surface area contributed by atoms with Crippen molar-refractivity contribution in [2.75, 3.05) is 0 Å². The summed E-state index contributed by atoms with van der Waals surface area (Å²) in [5, 5.41) is 0. The van der Waals surface area contributed by atoms with Gasteiger partial charge in [-0.3, -0.25) is 14.4 Å². The number of carbonyl (C=O) groups is 3. The third kappa shape index (κ3) is 1.42. The first-order valence-corrected chi connectivity index (χ1v) is 9.53. The quantitative estimate of drug-likeness (QED) is 0.723. The Kier molecular flexibility index (Phi) is 2.89. The van der Waals surface area contributed by atoms with Crippen molar-refractivity contribution in [3.05, 3.63) is 0 Å². The predicted molar refractivity (Wildman–Crippen MR) is 91.2 cm³/mol. The van der Waals surface area contributed by atoms with E-state index in [9.17, 15) is 14.4 Å². The summed E-state index contributed by atoms with van der Waals surface area (Å²) >= 11 is 0. The van der Waals surface area contributed by atoms with Gasteiger partial charge in [0.1, 0.15) is 11.6 Å². The Labute approximate surface area is 144 Å². The number of fused-ring (bicyclic) bond motifs is 4. The summed E-state index contributed by atoms with van der Waals surface area (Å²) in [6, 6.07) is 0. The van der Waals surface area contributed by atoms with Crippen LogP contribution in [0.1, 0.15) is 67.2 Å². The van der Waals surface area contributed by atoms with E-state index in [1.807, 2.05) is 13.8 Å². The van der Waals surface area contributed by atoms with E-state index in [1.165, 1.54) is 0 Å². The Morgan fingerprint density at radius 2 is 1.08 bits per heavy atom. The first-order valence-electron chi connectivity index (χ1n) is 9.53. The maximum Gasteiger partial charge on any atom is 0.154 e. The van der Waals surface area contributed by atoms with Gasteiger partial charge in [0.05, 0.1) is 11.8 Å². The molecule has 132 valence electrons. The topological polar surface area (TPSA) is 51.2 Å². The lowest BCUT2D eigenvalue weighted by molar-refractivity contribution is -0.144. The van der Waals surface area contributed by atoms with Gasteiger partial charge in [-0.1, -0.05) is 41.5 Å². The maximum absolute atomic E-state index is 13.5. The minimum absolute atomic E-state index is 0.0343. The lowest BCUT2D eigenvalue weighted by Crippen LogP contribution is -2.42. The van der Waals surface area contributed by atoms with Crippen LogP contribution in [0.25, 0.3) is 0 Å². The average Bonchev–Trinajstić information content (AvgIpc) is 2.97. The Bertz CT molecular complexity index is 617. The third-order valence-electron chi connectivity index (χ3n) is 9.68. The summed E-state index contributed by atoms with van der Waals surface area (Å²) in [5.41, 5.74) is -1.05. The van der Waals surface area contributed by atoms with Crippen molar-refractivity contribution in [1.82, 2.24) is 0 Å². The molecule has 0 saturated heterocycles. The fraction of sp³-hybridized carbons (Fsp3) is 0.857. The molecule has 4 aliphatic rings. The smallest absolute Gasteiger partial charge is 0.154 e. The number of ketones is 3. The summed E-state index contributed by atoms with van der Waals surface area (Å²) in [7, 11) is 0. The molecule has 0 amide bonds. The van der Waals surface area contributed by atoms with Crippen molar-refractivity contribution in [3.63, 3.8) is 0 Å². The van der Waals surface area contributed by atoms with E-state index in [-0.39, 0.29) is 40.0 Å². The molecular formula is C21H30O3. The molecule has 0 aromatic carbocycles. The van der Waals surface area contributed by atoms with E-state index in [0.717, 1.165) is 25.7 Å². The van der Waals surface area contributed by atoms with Crippen molar-refractivity contribution < 1.29 is 14.4 Å². The molecule has 0 spiro atoms. The van der Waals surface area contributed by atoms with Crippen LogP contribution >= 0.6 is 0 Å². The van der Waals surface area contributed by atoms with Gasteiger partial charge in [0.25, 0.3) is 0 Å². The van der Waals surface area contributed by atoms with Crippen molar-refractivity contribution in [2.45, 2.75) is 67.2 Å². The molecule has 4 bridgehead atoms. The summed E-state index contributed by atoms with van der Waals surface area (Å²) in [4.78, 5) is 39.7. The van der Waals surface area contributed by atoms with Crippen molar-refractivity contribution >= 4 is 17.3 Å². The van der Waals surface area contributed by atoms with Gasteiger partial charge in [-0.2, -0.15) is 0 Å². The number of rotatable bonds is 2. The van der Waals surface area contributed by atoms with Gasteiger partial charge < -0.3 is 0 Å². The Hall–Kier alpha value is -0.990. The minimum atomic E-state index is -0.536. The van der Waals surface area contributed by atoms with Crippen LogP contribution in [0.5, 0.6) is 0 Å². The largest absolute Gasteiger partial charge is 0.298 e. The van der Waals surface area contributed by atoms with E-state index in [4.69, 9.17) is 0 Å². The molecule has 4 saturated carbocycles. The van der Waals surface area contributed by atoms with Gasteiger partial charge in [-0.05, 0) is 48.3 Å². The molecule has 0 heterocycles. The molecule has 6 atom stereocenters. The Balaban J connectivity index is 1.72. The summed E-state index contributed by atoms with van der Waals surface area (Å²) in [6.45, 7) is 12.6. The monoisotopic (exact) mass is 330 g/mol. The van der Waals surface area contributed by atoms with Crippen molar-refractivity contribution in [3.8, 4) is 0 Å². The van der Waals surface area contributed by atoms with Crippen LogP contribution in [0.2, 0.25) is 0 Å². The molecule has 0 aliphatic heterocycles. The van der Waals surface area contributed by atoms with Crippen LogP contribution in [-0.2, 0) is 14.4 Å². The molecule has 3 heteroatoms. The van der Waals surface area contributed by atoms with Crippen LogP contribution < -0.4 is 0 Å². The Morgan fingerprint density at radius 1 is 0.750 bits per heavy atom. The zero-order valence-electron chi connectivity index (χ0n) is 15.9. The summed E-state index contributed by atoms with van der Waals surface area (Å²) in [6.07, 6.45) is 3.66. The van der Waals surface area contributed by atoms with Crippen LogP contribution in [0.3, 0.4) is 0 Å². The SMILES string of the molecule is CC12CCC(C(C(=O)C3C(=O)C4(C)CCC3C4(C)C)C1=O)C2(C)C. The molecule has 4 rings (SSSR count). The lowest BCUT2D eigenvalue weighted by Gasteiger charge is -2.32. The number of hydrogen-bond acceptors (Lipinski definition) is 3. The first kappa shape index (κ1) is 16.5. The first-order chi connectivity index (χ1) is 10.9. The van der Waals surface area contributed by atoms with E-state index < -0.39 is 22.7 Å². The van der Waals surface area contributed by atoms with Crippen molar-refractivity contribution in [1.29, 1.82) is 0 Å². The highest BCUT2D eigenvalue weighted by molar-refractivity contribution is 6.17. The normalized spacial score (nSPS) is 50.8. The lowest BCUT2D eigenvalue weighted by atomic mass is 9.70. The highest BCUT2D eigenvalue weighted by Gasteiger charge is 2.72. The third-order valence-corrected chi connectivity index (χ3v) is 9.68. The molecule has 0 N–H and O–H groups in total. The molecule has 4 aliphatic carbocycles. The number of Topliss-reactive ketones (excluding diaryl/α,β-unsaturated/α-hetero) is 3. The van der Waals surface area contributed by atoms with Crippen LogP contribution in [-0.4, -0.2) is 17.3 Å². The van der Waals surface area contributed by atoms with Gasteiger partial charge in [0.15, 0.2) is 5.78 Å². The standard InChI is InChI=1S/C21H30O3/c1-18(2)11-7-9-20(18,5)16(23)13(11)15(22)14-12-8-10-21(6,17(14)24)19(12,3)4/h11-14H,7-10H2,1-6H3. The molecular weight excluding hydrogens is 300 g/mol. The molecule has 0 aromatic rings.